The van der Waals surface area contributed by atoms with Gasteiger partial charge < -0.3 is 10.1 Å². The van der Waals surface area contributed by atoms with Crippen LogP contribution >= 0.6 is 0 Å². The minimum atomic E-state index is -0.181. The lowest BCUT2D eigenvalue weighted by molar-refractivity contribution is 0.350. The standard InChI is InChI=1S/C14H21N5O3/c1-10-8-11(21)18-14(17-10)19-13-12(22-13)16-7-5-3-2-4-6-15-9-20/h8,12-13,16H,2-7H2,1H3,(H2,17,18,19,21). The molecule has 2 unspecified atom stereocenters. The zero-order valence-corrected chi connectivity index (χ0v) is 12.6. The maximum absolute atomic E-state index is 11.3. The summed E-state index contributed by atoms with van der Waals surface area (Å²) in [6, 6.07) is 1.44. The predicted molar refractivity (Wildman–Crippen MR) is 81.3 cm³/mol. The number of ether oxygens (including phenoxy) is 1. The highest BCUT2D eigenvalue weighted by atomic mass is 16.6. The number of aromatic nitrogens is 2. The van der Waals surface area contributed by atoms with Crippen molar-refractivity contribution in [2.45, 2.75) is 45.1 Å². The van der Waals surface area contributed by atoms with Crippen LogP contribution in [0, 0.1) is 6.92 Å². The van der Waals surface area contributed by atoms with Gasteiger partial charge in [0, 0.05) is 11.8 Å². The molecule has 0 amide bonds. The molecular formula is C14H21N5O3. The van der Waals surface area contributed by atoms with E-state index >= 15 is 0 Å². The number of hydrogen-bond acceptors (Lipinski definition) is 7. The normalized spacial score (nSPS) is 19.5. The molecule has 0 saturated carbocycles. The van der Waals surface area contributed by atoms with Crippen LogP contribution in [0.5, 0.6) is 0 Å². The first kappa shape index (κ1) is 16.4. The van der Waals surface area contributed by atoms with Crippen LogP contribution in [0.15, 0.2) is 15.9 Å². The second-order valence-electron chi connectivity index (χ2n) is 5.20. The molecule has 1 aliphatic heterocycles. The van der Waals surface area contributed by atoms with Crippen molar-refractivity contribution in [3.05, 3.63) is 22.1 Å². The number of isocyanates is 1. The molecule has 120 valence electrons. The third-order valence-corrected chi connectivity index (χ3v) is 3.25. The zero-order chi connectivity index (χ0) is 15.8. The molecule has 8 nitrogen and oxygen atoms in total. The average molecular weight is 307 g/mol. The Morgan fingerprint density at radius 2 is 2.18 bits per heavy atom. The van der Waals surface area contributed by atoms with Crippen LogP contribution in [0.4, 0.5) is 5.95 Å². The molecule has 1 aromatic heterocycles. The van der Waals surface area contributed by atoms with Crippen LogP contribution in [-0.4, -0.2) is 41.6 Å². The molecule has 0 spiro atoms. The summed E-state index contributed by atoms with van der Waals surface area (Å²) >= 11 is 0. The molecule has 1 fully saturated rings. The van der Waals surface area contributed by atoms with Gasteiger partial charge in [-0.25, -0.2) is 14.8 Å². The number of H-pyrrole nitrogens is 1. The van der Waals surface area contributed by atoms with Crippen LogP contribution < -0.4 is 16.2 Å². The van der Waals surface area contributed by atoms with Crippen molar-refractivity contribution in [1.29, 1.82) is 0 Å². The third-order valence-electron chi connectivity index (χ3n) is 3.25. The number of nitrogens with zero attached hydrogens (tertiary/aromatic N) is 2. The maximum Gasteiger partial charge on any atom is 0.252 e. The number of rotatable bonds is 10. The number of unbranched alkanes of at least 4 members (excludes halogenated alkanes) is 3. The third kappa shape index (κ3) is 5.77. The Kier molecular flexibility index (Phi) is 6.27. The summed E-state index contributed by atoms with van der Waals surface area (Å²) in [5.41, 5.74) is 0.481. The molecule has 2 atom stereocenters. The number of aryl methyl sites for hydroxylation is 1. The molecule has 0 radical (unpaired) electrons. The van der Waals surface area contributed by atoms with Crippen LogP contribution in [-0.2, 0) is 9.53 Å². The molecular weight excluding hydrogens is 286 g/mol. The van der Waals surface area contributed by atoms with E-state index in [1.54, 1.807) is 6.92 Å². The summed E-state index contributed by atoms with van der Waals surface area (Å²) in [6.07, 6.45) is 5.42. The van der Waals surface area contributed by atoms with Gasteiger partial charge in [0.25, 0.3) is 5.56 Å². The number of epoxide rings is 1. The van der Waals surface area contributed by atoms with Crippen molar-refractivity contribution in [1.82, 2.24) is 15.3 Å². The van der Waals surface area contributed by atoms with Crippen molar-refractivity contribution < 1.29 is 9.53 Å². The van der Waals surface area contributed by atoms with Gasteiger partial charge in [-0.15, -0.1) is 0 Å². The van der Waals surface area contributed by atoms with Gasteiger partial charge in [0.15, 0.2) is 12.5 Å². The van der Waals surface area contributed by atoms with Gasteiger partial charge in [-0.1, -0.05) is 12.8 Å². The summed E-state index contributed by atoms with van der Waals surface area (Å²) in [5.74, 6) is 0.426. The number of nitrogens with one attached hydrogen (secondary N) is 3. The fraction of sp³-hybridized carbons (Fsp3) is 0.643. The Bertz CT molecular complexity index is 582. The van der Waals surface area contributed by atoms with Crippen LogP contribution in [0.3, 0.4) is 0 Å². The number of hydrogen-bond donors (Lipinski definition) is 3. The van der Waals surface area contributed by atoms with Gasteiger partial charge >= 0.3 is 0 Å². The largest absolute Gasteiger partial charge is 0.331 e. The van der Waals surface area contributed by atoms with Crippen LogP contribution in [0.2, 0.25) is 0 Å². The van der Waals surface area contributed by atoms with Crippen LogP contribution in [0.1, 0.15) is 31.4 Å². The SMILES string of the molecule is Cc1cc(=O)[nH]c(NC2OC2NCCCCCCN=C=O)n1. The van der Waals surface area contributed by atoms with Gasteiger partial charge in [-0.05, 0) is 26.3 Å². The summed E-state index contributed by atoms with van der Waals surface area (Å²) < 4.78 is 5.42. The molecule has 2 heterocycles. The first-order valence-electron chi connectivity index (χ1n) is 7.46. The van der Waals surface area contributed by atoms with Crippen molar-refractivity contribution >= 4 is 12.0 Å². The monoisotopic (exact) mass is 307 g/mol. The van der Waals surface area contributed by atoms with Gasteiger partial charge in [-0.2, -0.15) is 0 Å². The topological polar surface area (TPSA) is 112 Å². The first-order chi connectivity index (χ1) is 10.7. The van der Waals surface area contributed by atoms with Crippen molar-refractivity contribution in [3.8, 4) is 0 Å². The summed E-state index contributed by atoms with van der Waals surface area (Å²) in [5, 5.41) is 6.29. The quantitative estimate of drug-likeness (QED) is 0.253. The highest BCUT2D eigenvalue weighted by Crippen LogP contribution is 2.19. The van der Waals surface area contributed by atoms with E-state index in [1.807, 2.05) is 0 Å². The molecule has 0 aromatic carbocycles. The van der Waals surface area contributed by atoms with Crippen molar-refractivity contribution in [2.24, 2.45) is 4.99 Å². The Morgan fingerprint density at radius 3 is 2.95 bits per heavy atom. The Labute approximate surface area is 128 Å². The second kappa shape index (κ2) is 8.43. The van der Waals surface area contributed by atoms with E-state index < -0.39 is 0 Å². The van der Waals surface area contributed by atoms with Gasteiger partial charge in [-0.3, -0.25) is 15.1 Å². The average Bonchev–Trinajstić information content (AvgIpc) is 3.18. The van der Waals surface area contributed by atoms with Crippen molar-refractivity contribution in [2.75, 3.05) is 18.4 Å². The number of aliphatic imine (C=N–C) groups is 1. The summed E-state index contributed by atoms with van der Waals surface area (Å²) in [4.78, 5) is 31.5. The van der Waals surface area contributed by atoms with Gasteiger partial charge in [0.1, 0.15) is 0 Å². The molecule has 3 N–H and O–H groups in total. The van der Waals surface area contributed by atoms with Crippen LogP contribution in [0.25, 0.3) is 0 Å². The highest BCUT2D eigenvalue weighted by molar-refractivity contribution is 5.32. The fourth-order valence-corrected chi connectivity index (χ4v) is 2.12. The highest BCUT2D eigenvalue weighted by Gasteiger charge is 2.38. The van der Waals surface area contributed by atoms with E-state index in [0.29, 0.717) is 18.2 Å². The second-order valence-corrected chi connectivity index (χ2v) is 5.20. The van der Waals surface area contributed by atoms with Gasteiger partial charge in [0.2, 0.25) is 12.0 Å². The Balaban J connectivity index is 1.55. The smallest absolute Gasteiger partial charge is 0.252 e. The van der Waals surface area contributed by atoms with E-state index in [0.717, 1.165) is 32.2 Å². The number of aromatic amines is 1. The number of carbonyl (C=O) groups excluding carboxylic acids is 1. The predicted octanol–water partition coefficient (Wildman–Crippen LogP) is 0.658. The molecule has 1 saturated heterocycles. The molecule has 1 aliphatic rings. The van der Waals surface area contributed by atoms with E-state index in [-0.39, 0.29) is 18.0 Å². The minimum Gasteiger partial charge on any atom is -0.331 e. The summed E-state index contributed by atoms with van der Waals surface area (Å²) in [7, 11) is 0. The minimum absolute atomic E-state index is 0.0505. The van der Waals surface area contributed by atoms with Crippen molar-refractivity contribution in [3.63, 3.8) is 0 Å². The lowest BCUT2D eigenvalue weighted by Gasteiger charge is -2.03. The van der Waals surface area contributed by atoms with Gasteiger partial charge in [0.05, 0.1) is 6.54 Å². The zero-order valence-electron chi connectivity index (χ0n) is 12.6. The molecule has 8 heteroatoms. The molecule has 0 aliphatic carbocycles. The van der Waals surface area contributed by atoms with E-state index in [4.69, 9.17) is 4.74 Å². The number of anilines is 1. The lowest BCUT2D eigenvalue weighted by atomic mass is 10.2. The Morgan fingerprint density at radius 1 is 1.36 bits per heavy atom. The molecule has 22 heavy (non-hydrogen) atoms. The lowest BCUT2D eigenvalue weighted by Crippen LogP contribution is -2.25. The fourth-order valence-electron chi connectivity index (χ4n) is 2.12. The van der Waals surface area contributed by atoms with E-state index in [2.05, 4.69) is 25.6 Å². The molecule has 2 rings (SSSR count). The maximum atomic E-state index is 11.3. The van der Waals surface area contributed by atoms with E-state index in [9.17, 15) is 9.59 Å². The Hall–Kier alpha value is -2.02. The summed E-state index contributed by atoms with van der Waals surface area (Å²) in [6.45, 7) is 3.19. The molecule has 1 aromatic rings. The molecule has 0 bridgehead atoms. The van der Waals surface area contributed by atoms with E-state index in [1.165, 1.54) is 12.1 Å². The first-order valence-corrected chi connectivity index (χ1v) is 7.46.